The molecule has 29 heavy (non-hydrogen) atoms. The van der Waals surface area contributed by atoms with E-state index in [1.807, 2.05) is 24.3 Å². The number of carbonyl (C=O) groups is 2. The van der Waals surface area contributed by atoms with Crippen LogP contribution in [0.4, 0.5) is 25.4 Å². The van der Waals surface area contributed by atoms with E-state index in [2.05, 4.69) is 16.0 Å². The lowest BCUT2D eigenvalue weighted by atomic mass is 9.89. The molecule has 8 heteroatoms. The Morgan fingerprint density at radius 3 is 2.90 bits per heavy atom. The molecule has 0 saturated carbocycles. The number of rotatable bonds is 3. The Labute approximate surface area is 168 Å². The van der Waals surface area contributed by atoms with E-state index in [0.29, 0.717) is 24.4 Å². The fraction of sp³-hybridized carbons (Fsp3) is 0.333. The van der Waals surface area contributed by atoms with Gasteiger partial charge in [-0.2, -0.15) is 0 Å². The molecule has 2 aliphatic rings. The zero-order valence-corrected chi connectivity index (χ0v) is 16.3. The van der Waals surface area contributed by atoms with E-state index in [-0.39, 0.29) is 12.1 Å². The summed E-state index contributed by atoms with van der Waals surface area (Å²) in [4.78, 5) is 26.1. The Balaban J connectivity index is 1.55. The van der Waals surface area contributed by atoms with Crippen molar-refractivity contribution in [3.8, 4) is 5.75 Å². The van der Waals surface area contributed by atoms with E-state index in [0.717, 1.165) is 16.8 Å². The number of benzene rings is 2. The van der Waals surface area contributed by atoms with Crippen LogP contribution in [0, 0.1) is 0 Å². The highest BCUT2D eigenvalue weighted by atomic mass is 19.1. The van der Waals surface area contributed by atoms with Crippen molar-refractivity contribution in [2.75, 3.05) is 23.9 Å². The Bertz CT molecular complexity index is 967. The van der Waals surface area contributed by atoms with Crippen LogP contribution < -0.4 is 25.6 Å². The first-order valence-electron chi connectivity index (χ1n) is 9.45. The van der Waals surface area contributed by atoms with Gasteiger partial charge in [0.1, 0.15) is 18.0 Å². The van der Waals surface area contributed by atoms with Gasteiger partial charge >= 0.3 is 12.1 Å². The number of hydrogen-bond acceptors (Lipinski definition) is 3. The molecule has 2 atom stereocenters. The Hall–Kier alpha value is -3.29. The van der Waals surface area contributed by atoms with E-state index in [1.54, 1.807) is 32.2 Å². The lowest BCUT2D eigenvalue weighted by Gasteiger charge is -2.38. The van der Waals surface area contributed by atoms with Gasteiger partial charge in [-0.05, 0) is 25.1 Å². The van der Waals surface area contributed by atoms with Crippen LogP contribution in [-0.2, 0) is 6.54 Å². The second kappa shape index (κ2) is 7.27. The fourth-order valence-corrected chi connectivity index (χ4v) is 3.82. The lowest BCUT2D eigenvalue weighted by Crippen LogP contribution is -2.45. The van der Waals surface area contributed by atoms with Gasteiger partial charge in [-0.25, -0.2) is 14.0 Å². The molecule has 0 radical (unpaired) electrons. The van der Waals surface area contributed by atoms with Crippen molar-refractivity contribution in [1.82, 2.24) is 10.6 Å². The van der Waals surface area contributed by atoms with Gasteiger partial charge in [-0.15, -0.1) is 0 Å². The largest absolute Gasteiger partial charge is 0.484 e. The van der Waals surface area contributed by atoms with Crippen molar-refractivity contribution in [3.05, 3.63) is 53.6 Å². The molecule has 4 rings (SSSR count). The van der Waals surface area contributed by atoms with E-state index in [9.17, 15) is 14.0 Å². The number of halogens is 1. The number of nitrogens with zero attached hydrogens (tertiary/aromatic N) is 1. The number of para-hydroxylation sites is 1. The monoisotopic (exact) mass is 398 g/mol. The quantitative estimate of drug-likeness (QED) is 0.737. The molecule has 0 aromatic heterocycles. The highest BCUT2D eigenvalue weighted by molar-refractivity contribution is 5.98. The number of hydrogen-bond donors (Lipinski definition) is 3. The molecular weight excluding hydrogens is 375 g/mol. The summed E-state index contributed by atoms with van der Waals surface area (Å²) < 4.78 is 19.4. The summed E-state index contributed by atoms with van der Waals surface area (Å²) >= 11 is 0. The van der Waals surface area contributed by atoms with Gasteiger partial charge in [-0.1, -0.05) is 24.3 Å². The zero-order chi connectivity index (χ0) is 20.6. The SMILES string of the molecule is CN1C(=O)NCc2c(NC(=O)N[C@@H]3C[C@](C)(CF)Oc4ccccc43)cccc21. The second-order valence-corrected chi connectivity index (χ2v) is 7.60. The van der Waals surface area contributed by atoms with Gasteiger partial charge in [0.05, 0.1) is 11.7 Å². The van der Waals surface area contributed by atoms with Crippen LogP contribution in [0.25, 0.3) is 0 Å². The molecule has 2 aliphatic heterocycles. The summed E-state index contributed by atoms with van der Waals surface area (Å²) in [6, 6.07) is 11.7. The maximum atomic E-state index is 13.6. The molecule has 0 spiro atoms. The number of anilines is 2. The number of amides is 4. The van der Waals surface area contributed by atoms with Crippen molar-refractivity contribution >= 4 is 23.4 Å². The van der Waals surface area contributed by atoms with Crippen LogP contribution in [-0.4, -0.2) is 31.4 Å². The third-order valence-electron chi connectivity index (χ3n) is 5.36. The number of nitrogens with one attached hydrogen (secondary N) is 3. The van der Waals surface area contributed by atoms with Crippen molar-refractivity contribution < 1.29 is 18.7 Å². The van der Waals surface area contributed by atoms with E-state index >= 15 is 0 Å². The van der Waals surface area contributed by atoms with Crippen LogP contribution in [0.3, 0.4) is 0 Å². The lowest BCUT2D eigenvalue weighted by molar-refractivity contribution is 0.0263. The Morgan fingerprint density at radius 2 is 2.10 bits per heavy atom. The molecule has 0 aliphatic carbocycles. The molecule has 152 valence electrons. The minimum Gasteiger partial charge on any atom is -0.484 e. The highest BCUT2D eigenvalue weighted by Crippen LogP contribution is 2.39. The first-order valence-corrected chi connectivity index (χ1v) is 9.45. The molecule has 2 aromatic carbocycles. The molecule has 3 N–H and O–H groups in total. The van der Waals surface area contributed by atoms with Gasteiger partial charge in [0.2, 0.25) is 0 Å². The first kappa shape index (κ1) is 19.0. The predicted molar refractivity (Wildman–Crippen MR) is 108 cm³/mol. The van der Waals surface area contributed by atoms with Crippen LogP contribution in [0.2, 0.25) is 0 Å². The number of urea groups is 2. The normalized spacial score (nSPS) is 22.7. The van der Waals surface area contributed by atoms with Crippen molar-refractivity contribution in [2.24, 2.45) is 0 Å². The molecule has 0 bridgehead atoms. The summed E-state index contributed by atoms with van der Waals surface area (Å²) in [5.74, 6) is 0.575. The molecule has 2 heterocycles. The van der Waals surface area contributed by atoms with Crippen LogP contribution >= 0.6 is 0 Å². The predicted octanol–water partition coefficient (Wildman–Crippen LogP) is 3.72. The number of alkyl halides is 1. The van der Waals surface area contributed by atoms with E-state index in [4.69, 9.17) is 4.74 Å². The molecule has 0 saturated heterocycles. The summed E-state index contributed by atoms with van der Waals surface area (Å²) in [6.45, 7) is 1.37. The molecule has 4 amide bonds. The fourth-order valence-electron chi connectivity index (χ4n) is 3.82. The van der Waals surface area contributed by atoms with Gasteiger partial charge in [-0.3, -0.25) is 4.90 Å². The van der Waals surface area contributed by atoms with Crippen molar-refractivity contribution in [2.45, 2.75) is 31.5 Å². The van der Waals surface area contributed by atoms with E-state index < -0.39 is 18.3 Å². The van der Waals surface area contributed by atoms with Crippen LogP contribution in [0.15, 0.2) is 42.5 Å². The van der Waals surface area contributed by atoms with E-state index in [1.165, 1.54) is 4.90 Å². The number of ether oxygens (including phenoxy) is 1. The van der Waals surface area contributed by atoms with Gasteiger partial charge < -0.3 is 20.7 Å². The summed E-state index contributed by atoms with van der Waals surface area (Å²) in [5.41, 5.74) is 2.00. The maximum absolute atomic E-state index is 13.6. The summed E-state index contributed by atoms with van der Waals surface area (Å²) in [6.07, 6.45) is 0.319. The molecule has 7 nitrogen and oxygen atoms in total. The Morgan fingerprint density at radius 1 is 1.31 bits per heavy atom. The molecule has 0 fully saturated rings. The number of carbonyl (C=O) groups excluding carboxylic acids is 2. The molecular formula is C21H23FN4O3. The summed E-state index contributed by atoms with van der Waals surface area (Å²) in [5, 5.41) is 8.58. The smallest absolute Gasteiger partial charge is 0.321 e. The second-order valence-electron chi connectivity index (χ2n) is 7.60. The first-order chi connectivity index (χ1) is 13.9. The third kappa shape index (κ3) is 3.57. The average molecular weight is 398 g/mol. The van der Waals surface area contributed by atoms with Crippen LogP contribution in [0.5, 0.6) is 5.75 Å². The van der Waals surface area contributed by atoms with Crippen LogP contribution in [0.1, 0.15) is 30.5 Å². The standard InChI is InChI=1S/C21H23FN4O3/c1-21(12-22)10-16(13-6-3-4-9-18(13)29-21)25-19(27)24-15-7-5-8-17-14(15)11-23-20(28)26(17)2/h3-9,16H,10-12H2,1-2H3,(H,23,28)(H2,24,25,27)/t16-,21-/m1/s1. The molecule has 2 aromatic rings. The molecule has 0 unspecified atom stereocenters. The number of fused-ring (bicyclic) bond motifs is 2. The van der Waals surface area contributed by atoms with Crippen molar-refractivity contribution in [3.63, 3.8) is 0 Å². The zero-order valence-electron chi connectivity index (χ0n) is 16.3. The minimum atomic E-state index is -0.995. The maximum Gasteiger partial charge on any atom is 0.321 e. The van der Waals surface area contributed by atoms with Gasteiger partial charge in [0, 0.05) is 36.8 Å². The average Bonchev–Trinajstić information content (AvgIpc) is 2.71. The summed E-state index contributed by atoms with van der Waals surface area (Å²) in [7, 11) is 1.67. The highest BCUT2D eigenvalue weighted by Gasteiger charge is 2.38. The van der Waals surface area contributed by atoms with Crippen molar-refractivity contribution in [1.29, 1.82) is 0 Å². The van der Waals surface area contributed by atoms with Gasteiger partial charge in [0.15, 0.2) is 0 Å². The minimum absolute atomic E-state index is 0.191. The topological polar surface area (TPSA) is 82.7 Å². The third-order valence-corrected chi connectivity index (χ3v) is 5.36. The van der Waals surface area contributed by atoms with Gasteiger partial charge in [0.25, 0.3) is 0 Å². The Kier molecular flexibility index (Phi) is 4.77.